The summed E-state index contributed by atoms with van der Waals surface area (Å²) < 4.78 is 0.712. The SMILES string of the molecule is CC1CC1NCc1nc2ccsc2c(=O)[nH]1. The van der Waals surface area contributed by atoms with Crippen LogP contribution in [0.3, 0.4) is 0 Å². The van der Waals surface area contributed by atoms with Crippen LogP contribution in [0.15, 0.2) is 16.2 Å². The van der Waals surface area contributed by atoms with E-state index in [1.807, 2.05) is 11.4 Å². The molecule has 2 aromatic heterocycles. The number of nitrogens with one attached hydrogen (secondary N) is 2. The van der Waals surface area contributed by atoms with Gasteiger partial charge in [0.05, 0.1) is 12.1 Å². The third-order valence-corrected chi connectivity index (χ3v) is 3.91. The number of nitrogens with zero attached hydrogens (tertiary/aromatic N) is 1. The van der Waals surface area contributed by atoms with Crippen LogP contribution in [0.2, 0.25) is 0 Å². The third kappa shape index (κ3) is 1.76. The standard InChI is InChI=1S/C11H13N3OS/c1-6-4-8(6)12-5-9-13-7-2-3-16-10(7)11(15)14-9/h2-3,6,8,12H,4-5H2,1H3,(H,13,14,15). The van der Waals surface area contributed by atoms with Crippen molar-refractivity contribution in [2.24, 2.45) is 5.92 Å². The van der Waals surface area contributed by atoms with E-state index in [-0.39, 0.29) is 5.56 Å². The first-order chi connectivity index (χ1) is 7.74. The number of fused-ring (bicyclic) bond motifs is 1. The smallest absolute Gasteiger partial charge is 0.268 e. The molecule has 2 atom stereocenters. The van der Waals surface area contributed by atoms with Crippen LogP contribution in [0.1, 0.15) is 19.2 Å². The molecular formula is C11H13N3OS. The van der Waals surface area contributed by atoms with Crippen LogP contribution in [0, 0.1) is 5.92 Å². The predicted molar refractivity (Wildman–Crippen MR) is 64.6 cm³/mol. The summed E-state index contributed by atoms with van der Waals surface area (Å²) in [5.41, 5.74) is 0.773. The highest BCUT2D eigenvalue weighted by Crippen LogP contribution is 2.29. The van der Waals surface area contributed by atoms with Gasteiger partial charge in [0.15, 0.2) is 0 Å². The van der Waals surface area contributed by atoms with Crippen molar-refractivity contribution in [1.29, 1.82) is 0 Å². The van der Waals surface area contributed by atoms with E-state index >= 15 is 0 Å². The van der Waals surface area contributed by atoms with Crippen molar-refractivity contribution in [2.75, 3.05) is 0 Å². The van der Waals surface area contributed by atoms with Gasteiger partial charge in [0.1, 0.15) is 10.5 Å². The average Bonchev–Trinajstić information content (AvgIpc) is 2.78. The van der Waals surface area contributed by atoms with Crippen LogP contribution >= 0.6 is 11.3 Å². The normalized spacial score (nSPS) is 23.8. The van der Waals surface area contributed by atoms with Gasteiger partial charge in [-0.1, -0.05) is 6.92 Å². The van der Waals surface area contributed by atoms with Crippen LogP contribution < -0.4 is 10.9 Å². The second kappa shape index (κ2) is 3.68. The first-order valence-corrected chi connectivity index (χ1v) is 6.32. The van der Waals surface area contributed by atoms with Gasteiger partial charge in [0.25, 0.3) is 5.56 Å². The summed E-state index contributed by atoms with van der Waals surface area (Å²) in [5.74, 6) is 1.49. The van der Waals surface area contributed by atoms with Crippen molar-refractivity contribution < 1.29 is 0 Å². The van der Waals surface area contributed by atoms with Gasteiger partial charge in [-0.25, -0.2) is 4.98 Å². The van der Waals surface area contributed by atoms with Crippen LogP contribution in [0.25, 0.3) is 10.2 Å². The Morgan fingerprint density at radius 1 is 1.69 bits per heavy atom. The second-order valence-electron chi connectivity index (χ2n) is 4.35. The molecule has 1 fully saturated rings. The highest BCUT2D eigenvalue weighted by Gasteiger charge is 2.31. The van der Waals surface area contributed by atoms with Gasteiger partial charge in [-0.15, -0.1) is 11.3 Å². The zero-order valence-electron chi connectivity index (χ0n) is 8.99. The van der Waals surface area contributed by atoms with Crippen molar-refractivity contribution >= 4 is 21.6 Å². The Balaban J connectivity index is 1.83. The lowest BCUT2D eigenvalue weighted by Gasteiger charge is -2.02. The molecule has 5 heteroatoms. The molecule has 1 aliphatic rings. The van der Waals surface area contributed by atoms with Gasteiger partial charge in [0, 0.05) is 6.04 Å². The summed E-state index contributed by atoms with van der Waals surface area (Å²) >= 11 is 1.43. The number of aromatic nitrogens is 2. The minimum atomic E-state index is -0.0272. The fourth-order valence-electron chi connectivity index (χ4n) is 1.84. The molecule has 2 aromatic rings. The molecule has 1 aliphatic carbocycles. The van der Waals surface area contributed by atoms with E-state index in [2.05, 4.69) is 22.2 Å². The topological polar surface area (TPSA) is 57.8 Å². The molecule has 4 nitrogen and oxygen atoms in total. The van der Waals surface area contributed by atoms with E-state index < -0.39 is 0 Å². The summed E-state index contributed by atoms with van der Waals surface area (Å²) in [6, 6.07) is 2.49. The minimum absolute atomic E-state index is 0.0272. The zero-order chi connectivity index (χ0) is 11.1. The molecular weight excluding hydrogens is 222 g/mol. The highest BCUT2D eigenvalue weighted by atomic mass is 32.1. The highest BCUT2D eigenvalue weighted by molar-refractivity contribution is 7.17. The number of hydrogen-bond donors (Lipinski definition) is 2. The van der Waals surface area contributed by atoms with E-state index in [0.29, 0.717) is 17.3 Å². The van der Waals surface area contributed by atoms with Crippen molar-refractivity contribution in [3.63, 3.8) is 0 Å². The average molecular weight is 235 g/mol. The van der Waals surface area contributed by atoms with E-state index in [1.54, 1.807) is 0 Å². The van der Waals surface area contributed by atoms with Crippen molar-refractivity contribution in [3.8, 4) is 0 Å². The minimum Gasteiger partial charge on any atom is -0.308 e. The van der Waals surface area contributed by atoms with Crippen molar-refractivity contribution in [1.82, 2.24) is 15.3 Å². The number of thiophene rings is 1. The summed E-state index contributed by atoms with van der Waals surface area (Å²) in [6.07, 6.45) is 1.23. The number of aromatic amines is 1. The monoisotopic (exact) mass is 235 g/mol. The molecule has 2 N–H and O–H groups in total. The molecule has 0 radical (unpaired) electrons. The van der Waals surface area contributed by atoms with Gasteiger partial charge in [-0.3, -0.25) is 4.79 Å². The zero-order valence-corrected chi connectivity index (χ0v) is 9.80. The van der Waals surface area contributed by atoms with Gasteiger partial charge in [0.2, 0.25) is 0 Å². The van der Waals surface area contributed by atoms with Crippen LogP contribution in [-0.2, 0) is 6.54 Å². The lowest BCUT2D eigenvalue weighted by Crippen LogP contribution is -2.21. The van der Waals surface area contributed by atoms with E-state index in [0.717, 1.165) is 17.3 Å². The molecule has 0 aromatic carbocycles. The fraction of sp³-hybridized carbons (Fsp3) is 0.455. The Morgan fingerprint density at radius 3 is 3.25 bits per heavy atom. The van der Waals surface area contributed by atoms with E-state index in [4.69, 9.17) is 0 Å². The van der Waals surface area contributed by atoms with Crippen LogP contribution in [-0.4, -0.2) is 16.0 Å². The molecule has 84 valence electrons. The molecule has 1 saturated carbocycles. The molecule has 2 unspecified atom stereocenters. The number of H-pyrrole nitrogens is 1. The lowest BCUT2D eigenvalue weighted by molar-refractivity contribution is 0.630. The molecule has 0 spiro atoms. The Hall–Kier alpha value is -1.20. The van der Waals surface area contributed by atoms with Crippen molar-refractivity contribution in [3.05, 3.63) is 27.6 Å². The Kier molecular flexibility index (Phi) is 2.29. The molecule has 0 saturated heterocycles. The summed E-state index contributed by atoms with van der Waals surface area (Å²) in [5, 5.41) is 5.27. The Labute approximate surface area is 96.7 Å². The van der Waals surface area contributed by atoms with Crippen LogP contribution in [0.4, 0.5) is 0 Å². The molecule has 0 aliphatic heterocycles. The maximum atomic E-state index is 11.7. The van der Waals surface area contributed by atoms with Gasteiger partial charge >= 0.3 is 0 Å². The summed E-state index contributed by atoms with van der Waals surface area (Å²) in [7, 11) is 0. The first-order valence-electron chi connectivity index (χ1n) is 5.44. The third-order valence-electron chi connectivity index (χ3n) is 3.01. The van der Waals surface area contributed by atoms with Gasteiger partial charge < -0.3 is 10.3 Å². The van der Waals surface area contributed by atoms with Crippen LogP contribution in [0.5, 0.6) is 0 Å². The van der Waals surface area contributed by atoms with Gasteiger partial charge in [-0.05, 0) is 23.8 Å². The van der Waals surface area contributed by atoms with Crippen molar-refractivity contribution in [2.45, 2.75) is 25.9 Å². The lowest BCUT2D eigenvalue weighted by atomic mass is 10.4. The molecule has 16 heavy (non-hydrogen) atoms. The summed E-state index contributed by atoms with van der Waals surface area (Å²) in [6.45, 7) is 2.87. The Morgan fingerprint density at radius 2 is 2.50 bits per heavy atom. The maximum Gasteiger partial charge on any atom is 0.268 e. The van der Waals surface area contributed by atoms with E-state index in [1.165, 1.54) is 17.8 Å². The Bertz CT molecular complexity index is 574. The maximum absolute atomic E-state index is 11.7. The molecule has 0 amide bonds. The first kappa shape index (κ1) is 9.99. The largest absolute Gasteiger partial charge is 0.308 e. The second-order valence-corrected chi connectivity index (χ2v) is 5.26. The van der Waals surface area contributed by atoms with Gasteiger partial charge in [-0.2, -0.15) is 0 Å². The molecule has 0 bridgehead atoms. The quantitative estimate of drug-likeness (QED) is 0.847. The fourth-order valence-corrected chi connectivity index (χ4v) is 2.57. The molecule has 2 heterocycles. The molecule has 3 rings (SSSR count). The van der Waals surface area contributed by atoms with E-state index in [9.17, 15) is 4.79 Å². The number of rotatable bonds is 3. The predicted octanol–water partition coefficient (Wildman–Crippen LogP) is 1.48. The number of hydrogen-bond acceptors (Lipinski definition) is 4. The summed E-state index contributed by atoms with van der Waals surface area (Å²) in [4.78, 5) is 18.9.